The second kappa shape index (κ2) is 5.62. The van der Waals surface area contributed by atoms with Crippen LogP contribution >= 0.6 is 27.5 Å². The van der Waals surface area contributed by atoms with Gasteiger partial charge in [0.15, 0.2) is 0 Å². The molecule has 0 fully saturated rings. The Bertz CT molecular complexity index is 301. The van der Waals surface area contributed by atoms with Gasteiger partial charge in [0.05, 0.1) is 5.02 Å². The average molecular weight is 277 g/mol. The highest BCUT2D eigenvalue weighted by molar-refractivity contribution is 9.10. The quantitative estimate of drug-likeness (QED) is 0.850. The van der Waals surface area contributed by atoms with Gasteiger partial charge in [-0.15, -0.1) is 0 Å². The Hall–Kier alpha value is -0.210. The van der Waals surface area contributed by atoms with Crippen LogP contribution in [0.2, 0.25) is 5.02 Å². The van der Waals surface area contributed by atoms with Crippen molar-refractivity contribution in [2.75, 3.05) is 11.9 Å². The Morgan fingerprint density at radius 1 is 1.50 bits per heavy atom. The molecule has 1 nitrogen and oxygen atoms in total. The highest BCUT2D eigenvalue weighted by Crippen LogP contribution is 2.25. The third kappa shape index (κ3) is 3.50. The van der Waals surface area contributed by atoms with Gasteiger partial charge in [0, 0.05) is 16.7 Å². The first-order valence-corrected chi connectivity index (χ1v) is 5.99. The molecule has 1 unspecified atom stereocenters. The fourth-order valence-electron chi connectivity index (χ4n) is 1.04. The molecule has 0 spiro atoms. The van der Waals surface area contributed by atoms with Crippen molar-refractivity contribution < 1.29 is 0 Å². The Labute approximate surface area is 99.0 Å². The number of benzene rings is 1. The molecule has 3 heteroatoms. The third-order valence-electron chi connectivity index (χ3n) is 2.27. The minimum atomic E-state index is 0.699. The summed E-state index contributed by atoms with van der Waals surface area (Å²) in [7, 11) is 0. The number of hydrogen-bond donors (Lipinski definition) is 1. The van der Waals surface area contributed by atoms with Crippen LogP contribution < -0.4 is 5.32 Å². The molecule has 0 aromatic heterocycles. The zero-order valence-corrected chi connectivity index (χ0v) is 10.8. The van der Waals surface area contributed by atoms with Crippen molar-refractivity contribution in [1.29, 1.82) is 0 Å². The van der Waals surface area contributed by atoms with Crippen LogP contribution in [0.5, 0.6) is 0 Å². The second-order valence-corrected chi connectivity index (χ2v) is 4.78. The summed E-state index contributed by atoms with van der Waals surface area (Å²) < 4.78 is 0.938. The van der Waals surface area contributed by atoms with Crippen LogP contribution in [-0.2, 0) is 0 Å². The monoisotopic (exact) mass is 275 g/mol. The summed E-state index contributed by atoms with van der Waals surface area (Å²) in [5, 5.41) is 4.12. The lowest BCUT2D eigenvalue weighted by Gasteiger charge is -2.11. The van der Waals surface area contributed by atoms with Crippen molar-refractivity contribution >= 4 is 33.2 Å². The van der Waals surface area contributed by atoms with Crippen molar-refractivity contribution in [3.63, 3.8) is 0 Å². The highest BCUT2D eigenvalue weighted by atomic mass is 79.9. The van der Waals surface area contributed by atoms with Crippen molar-refractivity contribution in [3.05, 3.63) is 27.7 Å². The van der Waals surface area contributed by atoms with Gasteiger partial charge < -0.3 is 5.32 Å². The van der Waals surface area contributed by atoms with Gasteiger partial charge in [-0.2, -0.15) is 0 Å². The van der Waals surface area contributed by atoms with E-state index in [9.17, 15) is 0 Å². The lowest BCUT2D eigenvalue weighted by Crippen LogP contribution is -2.09. The Morgan fingerprint density at radius 3 is 2.79 bits per heavy atom. The van der Waals surface area contributed by atoms with Gasteiger partial charge in [-0.3, -0.25) is 0 Å². The van der Waals surface area contributed by atoms with Gasteiger partial charge in [-0.25, -0.2) is 0 Å². The Morgan fingerprint density at radius 2 is 2.21 bits per heavy atom. The van der Waals surface area contributed by atoms with Crippen molar-refractivity contribution in [2.24, 2.45) is 5.92 Å². The van der Waals surface area contributed by atoms with Crippen LogP contribution in [-0.4, -0.2) is 6.54 Å². The second-order valence-electron chi connectivity index (χ2n) is 3.52. The first-order valence-electron chi connectivity index (χ1n) is 4.82. The fourth-order valence-corrected chi connectivity index (χ4v) is 1.54. The number of rotatable bonds is 4. The van der Waals surface area contributed by atoms with Gasteiger partial charge in [0.2, 0.25) is 0 Å². The highest BCUT2D eigenvalue weighted by Gasteiger charge is 2.00. The maximum Gasteiger partial charge on any atom is 0.0549 e. The number of halogens is 2. The van der Waals surface area contributed by atoms with Crippen LogP contribution in [0.15, 0.2) is 22.7 Å². The van der Waals surface area contributed by atoms with E-state index in [0.717, 1.165) is 21.7 Å². The molecule has 14 heavy (non-hydrogen) atoms. The van der Waals surface area contributed by atoms with Crippen LogP contribution in [0.1, 0.15) is 20.3 Å². The first-order chi connectivity index (χ1) is 6.63. The molecule has 1 N–H and O–H groups in total. The van der Waals surface area contributed by atoms with E-state index in [1.165, 1.54) is 6.42 Å². The standard InChI is InChI=1S/C11H15BrClN/c1-3-8(2)7-14-9-4-5-11(13)10(12)6-9/h4-6,8,14H,3,7H2,1-2H3. The van der Waals surface area contributed by atoms with Gasteiger partial charge in [0.1, 0.15) is 0 Å². The molecule has 1 atom stereocenters. The summed E-state index contributed by atoms with van der Waals surface area (Å²) in [5.41, 5.74) is 1.11. The SMILES string of the molecule is CCC(C)CNc1ccc(Cl)c(Br)c1. The molecule has 0 aliphatic heterocycles. The summed E-state index contributed by atoms with van der Waals surface area (Å²) in [5.74, 6) is 0.699. The molecule has 0 aliphatic rings. The topological polar surface area (TPSA) is 12.0 Å². The van der Waals surface area contributed by atoms with Gasteiger partial charge in [-0.1, -0.05) is 31.9 Å². The molecule has 0 saturated carbocycles. The molecule has 1 aromatic rings. The molecule has 1 rings (SSSR count). The molecule has 0 aliphatic carbocycles. The zero-order chi connectivity index (χ0) is 10.6. The van der Waals surface area contributed by atoms with Crippen LogP contribution in [0, 0.1) is 5.92 Å². The molecular formula is C11H15BrClN. The van der Waals surface area contributed by atoms with Crippen LogP contribution in [0.25, 0.3) is 0 Å². The Balaban J connectivity index is 2.55. The zero-order valence-electron chi connectivity index (χ0n) is 8.48. The van der Waals surface area contributed by atoms with Gasteiger partial charge in [-0.05, 0) is 40.0 Å². The number of nitrogens with one attached hydrogen (secondary N) is 1. The fraction of sp³-hybridized carbons (Fsp3) is 0.455. The van der Waals surface area contributed by atoms with E-state index in [2.05, 4.69) is 35.1 Å². The van der Waals surface area contributed by atoms with E-state index in [-0.39, 0.29) is 0 Å². The smallest absolute Gasteiger partial charge is 0.0549 e. The summed E-state index contributed by atoms with van der Waals surface area (Å²) in [6.07, 6.45) is 1.20. The summed E-state index contributed by atoms with van der Waals surface area (Å²) in [4.78, 5) is 0. The predicted octanol–water partition coefficient (Wildman–Crippen LogP) is 4.56. The van der Waals surface area contributed by atoms with Crippen LogP contribution in [0.4, 0.5) is 5.69 Å². The average Bonchev–Trinajstić information content (AvgIpc) is 2.19. The van der Waals surface area contributed by atoms with E-state index >= 15 is 0 Å². The minimum Gasteiger partial charge on any atom is -0.385 e. The van der Waals surface area contributed by atoms with E-state index in [1.54, 1.807) is 0 Å². The molecule has 0 radical (unpaired) electrons. The van der Waals surface area contributed by atoms with Gasteiger partial charge >= 0.3 is 0 Å². The van der Waals surface area contributed by atoms with E-state index in [0.29, 0.717) is 5.92 Å². The van der Waals surface area contributed by atoms with E-state index < -0.39 is 0 Å². The number of hydrogen-bond acceptors (Lipinski definition) is 1. The maximum absolute atomic E-state index is 5.90. The maximum atomic E-state index is 5.90. The molecule has 0 saturated heterocycles. The lowest BCUT2D eigenvalue weighted by atomic mass is 10.1. The summed E-state index contributed by atoms with van der Waals surface area (Å²) in [6.45, 7) is 5.44. The van der Waals surface area contributed by atoms with Crippen molar-refractivity contribution in [1.82, 2.24) is 0 Å². The molecule has 0 heterocycles. The molecular weight excluding hydrogens is 261 g/mol. The molecule has 78 valence electrons. The summed E-state index contributed by atoms with van der Waals surface area (Å²) in [6, 6.07) is 5.89. The largest absolute Gasteiger partial charge is 0.385 e. The first kappa shape index (κ1) is 11.9. The van der Waals surface area contributed by atoms with E-state index in [1.807, 2.05) is 18.2 Å². The molecule has 0 bridgehead atoms. The third-order valence-corrected chi connectivity index (χ3v) is 3.49. The lowest BCUT2D eigenvalue weighted by molar-refractivity contribution is 0.593. The van der Waals surface area contributed by atoms with Crippen molar-refractivity contribution in [3.8, 4) is 0 Å². The van der Waals surface area contributed by atoms with Crippen LogP contribution in [0.3, 0.4) is 0 Å². The normalized spacial score (nSPS) is 12.6. The molecule has 0 amide bonds. The Kier molecular flexibility index (Phi) is 4.76. The van der Waals surface area contributed by atoms with Crippen molar-refractivity contribution in [2.45, 2.75) is 20.3 Å². The summed E-state index contributed by atoms with van der Waals surface area (Å²) >= 11 is 9.29. The van der Waals surface area contributed by atoms with E-state index in [4.69, 9.17) is 11.6 Å². The number of anilines is 1. The minimum absolute atomic E-state index is 0.699. The molecule has 1 aromatic carbocycles. The van der Waals surface area contributed by atoms with Gasteiger partial charge in [0.25, 0.3) is 0 Å². The predicted molar refractivity (Wildman–Crippen MR) is 67.1 cm³/mol.